The molecule has 176 valence electrons. The fraction of sp³-hybridized carbons (Fsp3) is 0.538. The van der Waals surface area contributed by atoms with Crippen LogP contribution in [0.3, 0.4) is 0 Å². The third-order valence-electron chi connectivity index (χ3n) is 7.44. The van der Waals surface area contributed by atoms with Gasteiger partial charge in [0.15, 0.2) is 6.61 Å². The fourth-order valence-electron chi connectivity index (χ4n) is 5.09. The van der Waals surface area contributed by atoms with E-state index in [1.54, 1.807) is 0 Å². The van der Waals surface area contributed by atoms with Crippen LogP contribution in [-0.2, 0) is 9.59 Å². The molecule has 0 radical (unpaired) electrons. The molecule has 1 saturated carbocycles. The second kappa shape index (κ2) is 10.1. The molecule has 2 aromatic rings. The van der Waals surface area contributed by atoms with Crippen molar-refractivity contribution in [2.24, 2.45) is 0 Å². The van der Waals surface area contributed by atoms with Gasteiger partial charge in [0.25, 0.3) is 5.91 Å². The molecule has 0 atom stereocenters. The van der Waals surface area contributed by atoms with Crippen molar-refractivity contribution in [3.8, 4) is 5.75 Å². The Bertz CT molecular complexity index is 971. The molecule has 2 aliphatic heterocycles. The third-order valence-corrected chi connectivity index (χ3v) is 7.44. The maximum absolute atomic E-state index is 12.8. The van der Waals surface area contributed by atoms with Crippen LogP contribution in [0.2, 0.25) is 0 Å². The minimum absolute atomic E-state index is 0.000951. The molecular weight excluding hydrogens is 416 g/mol. The molecule has 7 heteroatoms. The summed E-state index contributed by atoms with van der Waals surface area (Å²) >= 11 is 0. The van der Waals surface area contributed by atoms with Crippen molar-refractivity contribution in [1.29, 1.82) is 0 Å². The molecule has 3 fully saturated rings. The van der Waals surface area contributed by atoms with Crippen LogP contribution in [0.5, 0.6) is 5.75 Å². The Balaban J connectivity index is 1.04. The van der Waals surface area contributed by atoms with E-state index in [0.717, 1.165) is 61.8 Å². The molecule has 2 heterocycles. The number of rotatable bonds is 6. The highest BCUT2D eigenvalue weighted by atomic mass is 16.5. The summed E-state index contributed by atoms with van der Waals surface area (Å²) in [6.07, 6.45) is 4.00. The van der Waals surface area contributed by atoms with Crippen LogP contribution < -0.4 is 4.74 Å². The highest BCUT2D eigenvalue weighted by Crippen LogP contribution is 2.26. The molecule has 1 aliphatic carbocycles. The third kappa shape index (κ3) is 5.14. The maximum atomic E-state index is 12.8. The fourth-order valence-corrected chi connectivity index (χ4v) is 5.09. The summed E-state index contributed by atoms with van der Waals surface area (Å²) < 4.78 is 5.87. The lowest BCUT2D eigenvalue weighted by Crippen LogP contribution is -2.56. The summed E-state index contributed by atoms with van der Waals surface area (Å²) in [6.45, 7) is 6.95. The normalized spacial score (nSPS) is 20.6. The van der Waals surface area contributed by atoms with E-state index < -0.39 is 0 Å². The van der Waals surface area contributed by atoms with Gasteiger partial charge in [0.1, 0.15) is 5.75 Å². The van der Waals surface area contributed by atoms with E-state index in [0.29, 0.717) is 19.6 Å². The van der Waals surface area contributed by atoms with Gasteiger partial charge in [-0.1, -0.05) is 42.8 Å². The predicted molar refractivity (Wildman–Crippen MR) is 128 cm³/mol. The maximum Gasteiger partial charge on any atom is 0.260 e. The van der Waals surface area contributed by atoms with Crippen molar-refractivity contribution in [1.82, 2.24) is 19.6 Å². The molecule has 0 N–H and O–H groups in total. The van der Waals surface area contributed by atoms with E-state index in [2.05, 4.69) is 9.80 Å². The van der Waals surface area contributed by atoms with Gasteiger partial charge in [-0.05, 0) is 24.3 Å². The lowest BCUT2D eigenvalue weighted by atomic mass is 9.91. The number of carbonyl (C=O) groups is 2. The van der Waals surface area contributed by atoms with E-state index in [1.807, 2.05) is 52.3 Å². The summed E-state index contributed by atoms with van der Waals surface area (Å²) in [5.41, 5.74) is 0. The van der Waals surface area contributed by atoms with E-state index >= 15 is 0 Å². The smallest absolute Gasteiger partial charge is 0.260 e. The molecular formula is C26H34N4O3. The Morgan fingerprint density at radius 1 is 0.788 bits per heavy atom. The largest absolute Gasteiger partial charge is 0.483 e. The minimum atomic E-state index is 0.000951. The second-order valence-electron chi connectivity index (χ2n) is 9.42. The number of carbonyl (C=O) groups excluding carboxylic acids is 2. The average Bonchev–Trinajstić information content (AvgIpc) is 2.82. The zero-order chi connectivity index (χ0) is 22.6. The molecule has 0 aromatic heterocycles. The van der Waals surface area contributed by atoms with Crippen LogP contribution in [0.4, 0.5) is 0 Å². The van der Waals surface area contributed by atoms with Gasteiger partial charge in [-0.15, -0.1) is 0 Å². The minimum Gasteiger partial charge on any atom is -0.483 e. The van der Waals surface area contributed by atoms with Crippen LogP contribution >= 0.6 is 0 Å². The summed E-state index contributed by atoms with van der Waals surface area (Å²) in [5, 5.41) is 2.12. The van der Waals surface area contributed by atoms with E-state index in [4.69, 9.17) is 4.74 Å². The lowest BCUT2D eigenvalue weighted by molar-refractivity contribution is -0.137. The first-order valence-electron chi connectivity index (χ1n) is 12.3. The van der Waals surface area contributed by atoms with E-state index in [1.165, 1.54) is 19.3 Å². The second-order valence-corrected chi connectivity index (χ2v) is 9.42. The van der Waals surface area contributed by atoms with Gasteiger partial charge >= 0.3 is 0 Å². The number of hydrogen-bond acceptors (Lipinski definition) is 5. The molecule has 3 aliphatic rings. The Hall–Kier alpha value is -2.64. The first-order valence-corrected chi connectivity index (χ1v) is 12.3. The Morgan fingerprint density at radius 2 is 1.45 bits per heavy atom. The zero-order valence-corrected chi connectivity index (χ0v) is 19.3. The van der Waals surface area contributed by atoms with Crippen molar-refractivity contribution < 1.29 is 14.3 Å². The first-order chi connectivity index (χ1) is 16.2. The summed E-state index contributed by atoms with van der Waals surface area (Å²) in [6, 6.07) is 14.7. The highest BCUT2D eigenvalue weighted by molar-refractivity contribution is 5.88. The first kappa shape index (κ1) is 22.2. The number of nitrogens with zero attached hydrogens (tertiary/aromatic N) is 4. The predicted octanol–water partition coefficient (Wildman–Crippen LogP) is 2.06. The standard InChI is InChI=1S/C26H34N4O3/c31-25(29-17-15-28(16-18-29)22-7-4-8-22)19-27-11-13-30(14-12-27)26(32)20-33-24-10-3-6-21-5-1-2-9-23(21)24/h1-3,5-6,9-10,22H,4,7-8,11-20H2. The SMILES string of the molecule is O=C(COc1cccc2ccccc12)N1CCN(CC(=O)N2CCN(C3CCC3)CC2)CC1. The quantitative estimate of drug-likeness (QED) is 0.674. The number of benzene rings is 2. The van der Waals surface area contributed by atoms with Crippen molar-refractivity contribution >= 4 is 22.6 Å². The van der Waals surface area contributed by atoms with Gasteiger partial charge in [-0.2, -0.15) is 0 Å². The number of hydrogen-bond donors (Lipinski definition) is 0. The lowest BCUT2D eigenvalue weighted by Gasteiger charge is -2.43. The van der Waals surface area contributed by atoms with Crippen molar-refractivity contribution in [3.63, 3.8) is 0 Å². The van der Waals surface area contributed by atoms with Crippen molar-refractivity contribution in [3.05, 3.63) is 42.5 Å². The van der Waals surface area contributed by atoms with Gasteiger partial charge in [-0.25, -0.2) is 0 Å². The molecule has 0 bridgehead atoms. The number of ether oxygens (including phenoxy) is 1. The summed E-state index contributed by atoms with van der Waals surface area (Å²) in [7, 11) is 0. The monoisotopic (exact) mass is 450 g/mol. The van der Waals surface area contributed by atoms with Crippen LogP contribution in [-0.4, -0.2) is 103 Å². The number of piperazine rings is 2. The van der Waals surface area contributed by atoms with Crippen LogP contribution in [0, 0.1) is 0 Å². The topological polar surface area (TPSA) is 56.3 Å². The molecule has 2 amide bonds. The Morgan fingerprint density at radius 3 is 2.18 bits per heavy atom. The molecule has 2 aromatic carbocycles. The molecule has 2 saturated heterocycles. The molecule has 5 rings (SSSR count). The van der Waals surface area contributed by atoms with Crippen LogP contribution in [0.1, 0.15) is 19.3 Å². The van der Waals surface area contributed by atoms with Gasteiger partial charge in [0.2, 0.25) is 5.91 Å². The Kier molecular flexibility index (Phi) is 6.78. The number of amides is 2. The summed E-state index contributed by atoms with van der Waals surface area (Å²) in [5.74, 6) is 0.964. The van der Waals surface area contributed by atoms with Crippen molar-refractivity contribution in [2.45, 2.75) is 25.3 Å². The molecule has 33 heavy (non-hydrogen) atoms. The van der Waals surface area contributed by atoms with E-state index in [-0.39, 0.29) is 18.4 Å². The summed E-state index contributed by atoms with van der Waals surface area (Å²) in [4.78, 5) is 34.1. The van der Waals surface area contributed by atoms with Gasteiger partial charge < -0.3 is 14.5 Å². The zero-order valence-electron chi connectivity index (χ0n) is 19.3. The highest BCUT2D eigenvalue weighted by Gasteiger charge is 2.30. The number of fused-ring (bicyclic) bond motifs is 1. The van der Waals surface area contributed by atoms with Crippen LogP contribution in [0.15, 0.2) is 42.5 Å². The Labute approximate surface area is 195 Å². The van der Waals surface area contributed by atoms with Gasteiger partial charge in [0, 0.05) is 63.8 Å². The molecule has 7 nitrogen and oxygen atoms in total. The van der Waals surface area contributed by atoms with E-state index in [9.17, 15) is 9.59 Å². The molecule has 0 unspecified atom stereocenters. The average molecular weight is 451 g/mol. The van der Waals surface area contributed by atoms with Gasteiger partial charge in [0.05, 0.1) is 6.54 Å². The van der Waals surface area contributed by atoms with Gasteiger partial charge in [-0.3, -0.25) is 19.4 Å². The molecule has 0 spiro atoms. The van der Waals surface area contributed by atoms with Crippen molar-refractivity contribution in [2.75, 3.05) is 65.5 Å². The van der Waals surface area contributed by atoms with Crippen LogP contribution in [0.25, 0.3) is 10.8 Å².